The fourth-order valence-electron chi connectivity index (χ4n) is 3.01. The Morgan fingerprint density at radius 3 is 2.57 bits per heavy atom. The van der Waals surface area contributed by atoms with E-state index in [0.29, 0.717) is 30.5 Å². The van der Waals surface area contributed by atoms with Gasteiger partial charge in [0, 0.05) is 19.5 Å². The van der Waals surface area contributed by atoms with Crippen molar-refractivity contribution in [3.63, 3.8) is 0 Å². The minimum absolute atomic E-state index is 0.0125. The van der Waals surface area contributed by atoms with Crippen LogP contribution in [-0.4, -0.2) is 30.5 Å². The molecule has 1 unspecified atom stereocenters. The molecule has 1 aliphatic carbocycles. The van der Waals surface area contributed by atoms with E-state index in [0.717, 1.165) is 5.56 Å². The van der Waals surface area contributed by atoms with Crippen molar-refractivity contribution >= 4 is 15.9 Å². The Morgan fingerprint density at radius 2 is 2.05 bits per heavy atom. The van der Waals surface area contributed by atoms with Crippen LogP contribution in [0.3, 0.4) is 0 Å². The predicted octanol–water partition coefficient (Wildman–Crippen LogP) is 4.28. The molecule has 1 saturated heterocycles. The van der Waals surface area contributed by atoms with E-state index >= 15 is 0 Å². The second-order valence-electron chi connectivity index (χ2n) is 5.77. The Hall–Kier alpha value is -0.820. The molecule has 1 aliphatic heterocycles. The molecule has 0 radical (unpaired) electrons. The highest BCUT2D eigenvalue weighted by atomic mass is 79.9. The molecule has 1 saturated carbocycles. The Morgan fingerprint density at radius 1 is 1.33 bits per heavy atom. The van der Waals surface area contributed by atoms with Gasteiger partial charge in [-0.1, -0.05) is 6.07 Å². The zero-order valence-corrected chi connectivity index (χ0v) is 12.7. The summed E-state index contributed by atoms with van der Waals surface area (Å²) in [5.41, 5.74) is 0.0627. The van der Waals surface area contributed by atoms with Gasteiger partial charge in [0.1, 0.15) is 5.75 Å². The Balaban J connectivity index is 1.63. The molecule has 0 bridgehead atoms. The van der Waals surface area contributed by atoms with Crippen LogP contribution in [0.4, 0.5) is 17.6 Å². The number of ether oxygens (including phenoxy) is 1. The standard InChI is InChI=1S/C14H14BrF4NO/c15-10-5-9(1-2-11(10)21-12(16)17)6-20-4-3-13(8-20)7-14(13,18)19/h1-2,5,12H,3-4,6-8H2. The highest BCUT2D eigenvalue weighted by molar-refractivity contribution is 9.10. The second kappa shape index (κ2) is 5.12. The maximum Gasteiger partial charge on any atom is 0.387 e. The van der Waals surface area contributed by atoms with Gasteiger partial charge in [0.15, 0.2) is 0 Å². The fraction of sp³-hybridized carbons (Fsp3) is 0.571. The largest absolute Gasteiger partial charge is 0.434 e. The van der Waals surface area contributed by atoms with Gasteiger partial charge in [0.25, 0.3) is 5.92 Å². The minimum atomic E-state index is -2.87. The second-order valence-corrected chi connectivity index (χ2v) is 6.62. The van der Waals surface area contributed by atoms with Gasteiger partial charge < -0.3 is 4.74 Å². The summed E-state index contributed by atoms with van der Waals surface area (Å²) in [7, 11) is 0. The van der Waals surface area contributed by atoms with Crippen molar-refractivity contribution in [1.82, 2.24) is 4.90 Å². The molecule has 3 rings (SSSR count). The van der Waals surface area contributed by atoms with Crippen LogP contribution in [0, 0.1) is 5.41 Å². The first-order valence-electron chi connectivity index (χ1n) is 6.65. The Bertz CT molecular complexity index is 554. The van der Waals surface area contributed by atoms with E-state index < -0.39 is 17.9 Å². The van der Waals surface area contributed by atoms with Crippen LogP contribution in [0.25, 0.3) is 0 Å². The van der Waals surface area contributed by atoms with Gasteiger partial charge in [0.2, 0.25) is 0 Å². The van der Waals surface area contributed by atoms with Gasteiger partial charge >= 0.3 is 6.61 Å². The molecule has 1 heterocycles. The average Bonchev–Trinajstić information content (AvgIpc) is 2.71. The van der Waals surface area contributed by atoms with Crippen molar-refractivity contribution in [2.75, 3.05) is 13.1 Å². The van der Waals surface area contributed by atoms with Gasteiger partial charge in [-0.15, -0.1) is 0 Å². The van der Waals surface area contributed by atoms with E-state index in [-0.39, 0.29) is 12.2 Å². The first-order valence-corrected chi connectivity index (χ1v) is 7.44. The third-order valence-corrected chi connectivity index (χ3v) is 4.88. The van der Waals surface area contributed by atoms with Crippen molar-refractivity contribution in [2.24, 2.45) is 5.41 Å². The number of nitrogens with zero attached hydrogens (tertiary/aromatic N) is 1. The molecular formula is C14H14BrF4NO. The number of rotatable bonds is 4. The molecule has 2 nitrogen and oxygen atoms in total. The molecule has 21 heavy (non-hydrogen) atoms. The molecule has 116 valence electrons. The molecule has 1 aromatic carbocycles. The van der Waals surface area contributed by atoms with E-state index in [1.165, 1.54) is 6.07 Å². The molecule has 1 aromatic rings. The molecule has 0 aromatic heterocycles. The Labute approximate surface area is 128 Å². The smallest absolute Gasteiger partial charge is 0.387 e. The van der Waals surface area contributed by atoms with E-state index in [1.807, 2.05) is 4.90 Å². The lowest BCUT2D eigenvalue weighted by atomic mass is 10.1. The quantitative estimate of drug-likeness (QED) is 0.736. The fourth-order valence-corrected chi connectivity index (χ4v) is 3.53. The average molecular weight is 368 g/mol. The zero-order chi connectivity index (χ0) is 15.3. The van der Waals surface area contributed by atoms with Gasteiger partial charge in [-0.2, -0.15) is 8.78 Å². The number of halogens is 5. The van der Waals surface area contributed by atoms with Crippen molar-refractivity contribution in [3.8, 4) is 5.75 Å². The summed E-state index contributed by atoms with van der Waals surface area (Å²) in [6.45, 7) is -1.30. The first kappa shape index (κ1) is 15.1. The number of hydrogen-bond donors (Lipinski definition) is 0. The van der Waals surface area contributed by atoms with Crippen LogP contribution in [0.15, 0.2) is 22.7 Å². The van der Waals surface area contributed by atoms with Crippen LogP contribution in [0.2, 0.25) is 0 Å². The van der Waals surface area contributed by atoms with E-state index in [2.05, 4.69) is 20.7 Å². The Kier molecular flexibility index (Phi) is 3.68. The monoisotopic (exact) mass is 367 g/mol. The number of benzene rings is 1. The van der Waals surface area contributed by atoms with Crippen molar-refractivity contribution in [2.45, 2.75) is 31.9 Å². The van der Waals surface area contributed by atoms with E-state index in [4.69, 9.17) is 0 Å². The van der Waals surface area contributed by atoms with Crippen molar-refractivity contribution < 1.29 is 22.3 Å². The predicted molar refractivity (Wildman–Crippen MR) is 72.7 cm³/mol. The molecule has 2 aliphatic rings. The zero-order valence-electron chi connectivity index (χ0n) is 11.1. The van der Waals surface area contributed by atoms with Gasteiger partial charge in [0.05, 0.1) is 9.89 Å². The summed E-state index contributed by atoms with van der Waals surface area (Å²) in [5, 5.41) is 0. The highest BCUT2D eigenvalue weighted by Gasteiger charge is 2.72. The molecule has 0 N–H and O–H groups in total. The number of alkyl halides is 4. The van der Waals surface area contributed by atoms with Crippen LogP contribution >= 0.6 is 15.9 Å². The molecule has 2 fully saturated rings. The molecular weight excluding hydrogens is 354 g/mol. The lowest BCUT2D eigenvalue weighted by molar-refractivity contribution is -0.0503. The molecule has 7 heteroatoms. The lowest BCUT2D eigenvalue weighted by Crippen LogP contribution is -2.22. The van der Waals surface area contributed by atoms with Crippen LogP contribution in [0.5, 0.6) is 5.75 Å². The van der Waals surface area contributed by atoms with Crippen molar-refractivity contribution in [1.29, 1.82) is 0 Å². The van der Waals surface area contributed by atoms with Crippen LogP contribution in [0.1, 0.15) is 18.4 Å². The molecule has 0 amide bonds. The third-order valence-electron chi connectivity index (χ3n) is 4.26. The summed E-state index contributed by atoms with van der Waals surface area (Å²) in [6.07, 6.45) is 0.509. The maximum absolute atomic E-state index is 13.3. The topological polar surface area (TPSA) is 12.5 Å². The minimum Gasteiger partial charge on any atom is -0.434 e. The summed E-state index contributed by atoms with van der Waals surface area (Å²) < 4.78 is 55.8. The highest BCUT2D eigenvalue weighted by Crippen LogP contribution is 2.65. The van der Waals surface area contributed by atoms with Gasteiger partial charge in [-0.3, -0.25) is 4.90 Å². The summed E-state index contributed by atoms with van der Waals surface area (Å²) in [6, 6.07) is 4.83. The van der Waals surface area contributed by atoms with Gasteiger partial charge in [-0.25, -0.2) is 8.78 Å². The molecule has 1 spiro atoms. The first-order chi connectivity index (χ1) is 9.81. The number of hydrogen-bond acceptors (Lipinski definition) is 2. The lowest BCUT2D eigenvalue weighted by Gasteiger charge is -2.17. The SMILES string of the molecule is FC(F)Oc1ccc(CN2CCC3(C2)CC3(F)F)cc1Br. The maximum atomic E-state index is 13.3. The molecule has 1 atom stereocenters. The van der Waals surface area contributed by atoms with Crippen molar-refractivity contribution in [3.05, 3.63) is 28.2 Å². The number of likely N-dealkylation sites (tertiary alicyclic amines) is 1. The van der Waals surface area contributed by atoms with Crippen LogP contribution in [-0.2, 0) is 6.54 Å². The normalized spacial score (nSPS) is 27.5. The van der Waals surface area contributed by atoms with Gasteiger partial charge in [-0.05, 0) is 46.6 Å². The van der Waals surface area contributed by atoms with E-state index in [1.54, 1.807) is 12.1 Å². The summed E-state index contributed by atoms with van der Waals surface area (Å²) in [5.74, 6) is -2.45. The van der Waals surface area contributed by atoms with E-state index in [9.17, 15) is 17.6 Å². The summed E-state index contributed by atoms with van der Waals surface area (Å²) >= 11 is 3.18. The third kappa shape index (κ3) is 2.90. The summed E-state index contributed by atoms with van der Waals surface area (Å²) in [4.78, 5) is 1.98. The van der Waals surface area contributed by atoms with Crippen LogP contribution < -0.4 is 4.74 Å².